The molecule has 0 saturated carbocycles. The first-order valence-electron chi connectivity index (χ1n) is 4.70. The lowest BCUT2D eigenvalue weighted by molar-refractivity contribution is 0.283. The van der Waals surface area contributed by atoms with E-state index in [9.17, 15) is 4.57 Å². The van der Waals surface area contributed by atoms with E-state index in [4.69, 9.17) is 9.79 Å². The Morgan fingerprint density at radius 1 is 1.06 bits per heavy atom. The number of benzene rings is 2. The Morgan fingerprint density at radius 3 is 2.38 bits per heavy atom. The van der Waals surface area contributed by atoms with Gasteiger partial charge >= 0.3 is 7.82 Å². The van der Waals surface area contributed by atoms with Crippen LogP contribution in [0, 0.1) is 6.92 Å². The number of phosphoric ester groups is 1. The lowest BCUT2D eigenvalue weighted by Crippen LogP contribution is -1.89. The fraction of sp³-hybridized carbons (Fsp3) is 0.0909. The third kappa shape index (κ3) is 2.61. The van der Waals surface area contributed by atoms with Crippen LogP contribution in [0.15, 0.2) is 36.4 Å². The number of hydrogen-bond donors (Lipinski definition) is 2. The number of rotatable bonds is 2. The molecule has 0 aliphatic carbocycles. The van der Waals surface area contributed by atoms with Crippen molar-refractivity contribution in [2.24, 2.45) is 0 Å². The van der Waals surface area contributed by atoms with Crippen LogP contribution in [0.4, 0.5) is 0 Å². The highest BCUT2D eigenvalue weighted by atomic mass is 31.2. The Bertz CT molecular complexity index is 573. The summed E-state index contributed by atoms with van der Waals surface area (Å²) in [5, 5.41) is 1.90. The summed E-state index contributed by atoms with van der Waals surface area (Å²) < 4.78 is 15.2. The predicted octanol–water partition coefficient (Wildman–Crippen LogP) is 2.62. The minimum absolute atomic E-state index is 0.171. The quantitative estimate of drug-likeness (QED) is 0.789. The Labute approximate surface area is 92.7 Å². The average molecular weight is 238 g/mol. The molecule has 0 unspecified atom stereocenters. The molecule has 0 heterocycles. The summed E-state index contributed by atoms with van der Waals surface area (Å²) in [6.07, 6.45) is 0. The Hall–Kier alpha value is -1.35. The number of fused-ring (bicyclic) bond motifs is 1. The van der Waals surface area contributed by atoms with Gasteiger partial charge in [-0.1, -0.05) is 29.8 Å². The van der Waals surface area contributed by atoms with Gasteiger partial charge in [-0.3, -0.25) is 9.79 Å². The van der Waals surface area contributed by atoms with Gasteiger partial charge in [-0.05, 0) is 29.8 Å². The van der Waals surface area contributed by atoms with E-state index >= 15 is 0 Å². The van der Waals surface area contributed by atoms with E-state index in [1.54, 1.807) is 18.2 Å². The summed E-state index contributed by atoms with van der Waals surface area (Å²) in [6, 6.07) is 10.7. The molecule has 0 aromatic heterocycles. The molecule has 84 valence electrons. The molecule has 5 heteroatoms. The topological polar surface area (TPSA) is 66.8 Å². The van der Waals surface area contributed by atoms with Crippen LogP contribution in [0.25, 0.3) is 10.8 Å². The molecular formula is C11H11O4P. The molecule has 0 radical (unpaired) electrons. The molecule has 4 nitrogen and oxygen atoms in total. The fourth-order valence-corrected chi connectivity index (χ4v) is 1.93. The zero-order valence-electron chi connectivity index (χ0n) is 8.62. The minimum atomic E-state index is -4.48. The summed E-state index contributed by atoms with van der Waals surface area (Å²) in [6.45, 7) is 1.99. The second-order valence-corrected chi connectivity index (χ2v) is 4.76. The Balaban J connectivity index is 2.45. The highest BCUT2D eigenvalue weighted by molar-refractivity contribution is 7.46. The van der Waals surface area contributed by atoms with Gasteiger partial charge in [0, 0.05) is 0 Å². The van der Waals surface area contributed by atoms with E-state index in [1.807, 2.05) is 25.1 Å². The van der Waals surface area contributed by atoms with Crippen molar-refractivity contribution < 1.29 is 18.9 Å². The van der Waals surface area contributed by atoms with Gasteiger partial charge in [0.05, 0.1) is 0 Å². The maximum atomic E-state index is 10.7. The molecule has 2 aromatic carbocycles. The smallest absolute Gasteiger partial charge is 0.404 e. The van der Waals surface area contributed by atoms with E-state index in [-0.39, 0.29) is 5.75 Å². The van der Waals surface area contributed by atoms with Crippen LogP contribution in [0.3, 0.4) is 0 Å². The number of phosphoric acid groups is 1. The molecule has 0 aliphatic rings. The van der Waals surface area contributed by atoms with Gasteiger partial charge in [-0.2, -0.15) is 0 Å². The van der Waals surface area contributed by atoms with Crippen LogP contribution in [0.1, 0.15) is 5.56 Å². The Kier molecular flexibility index (Phi) is 2.72. The SMILES string of the molecule is Cc1ccc2cc(OP(=O)(O)O)ccc2c1. The van der Waals surface area contributed by atoms with E-state index in [0.29, 0.717) is 0 Å². The van der Waals surface area contributed by atoms with Gasteiger partial charge in [0.2, 0.25) is 0 Å². The van der Waals surface area contributed by atoms with Crippen molar-refractivity contribution in [1.82, 2.24) is 0 Å². The molecule has 2 aromatic rings. The summed E-state index contributed by atoms with van der Waals surface area (Å²) >= 11 is 0. The zero-order valence-corrected chi connectivity index (χ0v) is 9.52. The third-order valence-electron chi connectivity index (χ3n) is 2.19. The van der Waals surface area contributed by atoms with E-state index in [2.05, 4.69) is 4.52 Å². The van der Waals surface area contributed by atoms with Gasteiger partial charge in [0.1, 0.15) is 5.75 Å². The minimum Gasteiger partial charge on any atom is -0.404 e. The summed E-state index contributed by atoms with van der Waals surface area (Å²) in [5.41, 5.74) is 1.14. The first kappa shape index (κ1) is 11.1. The molecule has 2 N–H and O–H groups in total. The van der Waals surface area contributed by atoms with Gasteiger partial charge < -0.3 is 4.52 Å². The molecule has 0 spiro atoms. The van der Waals surface area contributed by atoms with E-state index < -0.39 is 7.82 Å². The summed E-state index contributed by atoms with van der Waals surface area (Å²) in [5.74, 6) is 0.171. The summed E-state index contributed by atoms with van der Waals surface area (Å²) in [4.78, 5) is 17.4. The van der Waals surface area contributed by atoms with Gasteiger partial charge in [-0.15, -0.1) is 0 Å². The standard InChI is InChI=1S/C11H11O4P/c1-8-2-3-10-7-11(15-16(12,13)14)5-4-9(10)6-8/h2-7H,1H3,(H2,12,13,14). The normalized spacial score (nSPS) is 11.7. The van der Waals surface area contributed by atoms with Crippen molar-refractivity contribution in [3.8, 4) is 5.75 Å². The maximum Gasteiger partial charge on any atom is 0.524 e. The van der Waals surface area contributed by atoms with Gasteiger partial charge in [0.15, 0.2) is 0 Å². The van der Waals surface area contributed by atoms with E-state index in [1.165, 1.54) is 0 Å². The lowest BCUT2D eigenvalue weighted by atomic mass is 10.1. The molecule has 2 rings (SSSR count). The molecular weight excluding hydrogens is 227 g/mol. The first-order chi connectivity index (χ1) is 7.44. The average Bonchev–Trinajstić information content (AvgIpc) is 2.16. The van der Waals surface area contributed by atoms with Crippen molar-refractivity contribution >= 4 is 18.6 Å². The van der Waals surface area contributed by atoms with E-state index in [0.717, 1.165) is 16.3 Å². The monoisotopic (exact) mass is 238 g/mol. The van der Waals surface area contributed by atoms with Crippen molar-refractivity contribution in [3.05, 3.63) is 42.0 Å². The molecule has 16 heavy (non-hydrogen) atoms. The maximum absolute atomic E-state index is 10.7. The zero-order chi connectivity index (χ0) is 11.8. The molecule has 0 saturated heterocycles. The van der Waals surface area contributed by atoms with Gasteiger partial charge in [0.25, 0.3) is 0 Å². The van der Waals surface area contributed by atoms with Crippen LogP contribution < -0.4 is 4.52 Å². The van der Waals surface area contributed by atoms with Crippen LogP contribution in [0.2, 0.25) is 0 Å². The molecule has 0 fully saturated rings. The third-order valence-corrected chi connectivity index (χ3v) is 2.64. The summed E-state index contributed by atoms with van der Waals surface area (Å²) in [7, 11) is -4.48. The fourth-order valence-electron chi connectivity index (χ4n) is 1.54. The van der Waals surface area contributed by atoms with Crippen molar-refractivity contribution in [2.45, 2.75) is 6.92 Å². The highest BCUT2D eigenvalue weighted by Crippen LogP contribution is 2.38. The number of aryl methyl sites for hydroxylation is 1. The molecule has 0 aliphatic heterocycles. The van der Waals surface area contributed by atoms with Crippen LogP contribution in [-0.4, -0.2) is 9.79 Å². The largest absolute Gasteiger partial charge is 0.524 e. The highest BCUT2D eigenvalue weighted by Gasteiger charge is 2.15. The van der Waals surface area contributed by atoms with Crippen molar-refractivity contribution in [2.75, 3.05) is 0 Å². The molecule has 0 bridgehead atoms. The lowest BCUT2D eigenvalue weighted by Gasteiger charge is -2.07. The molecule has 0 amide bonds. The Morgan fingerprint density at radius 2 is 1.69 bits per heavy atom. The second kappa shape index (κ2) is 3.91. The van der Waals surface area contributed by atoms with Gasteiger partial charge in [-0.25, -0.2) is 4.57 Å². The molecule has 0 atom stereocenters. The second-order valence-electron chi connectivity index (χ2n) is 3.59. The van der Waals surface area contributed by atoms with Crippen molar-refractivity contribution in [1.29, 1.82) is 0 Å². The van der Waals surface area contributed by atoms with Crippen LogP contribution >= 0.6 is 7.82 Å². The number of hydrogen-bond acceptors (Lipinski definition) is 2. The predicted molar refractivity (Wildman–Crippen MR) is 61.4 cm³/mol. The van der Waals surface area contributed by atoms with Crippen molar-refractivity contribution in [3.63, 3.8) is 0 Å². The van der Waals surface area contributed by atoms with Crippen LogP contribution in [-0.2, 0) is 4.57 Å². The first-order valence-corrected chi connectivity index (χ1v) is 6.23. The van der Waals surface area contributed by atoms with Crippen LogP contribution in [0.5, 0.6) is 5.75 Å².